The van der Waals surface area contributed by atoms with Gasteiger partial charge in [-0.1, -0.05) is 0 Å². The summed E-state index contributed by atoms with van der Waals surface area (Å²) in [6, 6.07) is 0.586. The molecule has 1 aliphatic rings. The summed E-state index contributed by atoms with van der Waals surface area (Å²) in [5, 5.41) is 12.5. The second-order valence-corrected chi connectivity index (χ2v) is 5.37. The Balaban J connectivity index is 2.06. The van der Waals surface area contributed by atoms with Crippen LogP contribution in [-0.4, -0.2) is 46.4 Å². The number of pyridine rings is 1. The predicted molar refractivity (Wildman–Crippen MR) is 77.6 cm³/mol. The van der Waals surface area contributed by atoms with Gasteiger partial charge in [0, 0.05) is 30.7 Å². The molecular formula is C14H19N5O2. The topological polar surface area (TPSA) is 83.1 Å². The number of amides is 1. The van der Waals surface area contributed by atoms with Crippen molar-refractivity contribution in [1.29, 1.82) is 0 Å². The molecule has 2 heterocycles. The lowest BCUT2D eigenvalue weighted by atomic mass is 9.99. The Labute approximate surface area is 122 Å². The number of fused-ring (bicyclic) bond motifs is 1. The van der Waals surface area contributed by atoms with Crippen LogP contribution in [0.4, 0.5) is 0 Å². The van der Waals surface area contributed by atoms with E-state index in [-0.39, 0.29) is 11.9 Å². The van der Waals surface area contributed by atoms with E-state index < -0.39 is 0 Å². The van der Waals surface area contributed by atoms with Crippen LogP contribution in [0.1, 0.15) is 41.7 Å². The maximum atomic E-state index is 12.5. The first-order chi connectivity index (χ1) is 10.1. The van der Waals surface area contributed by atoms with E-state index in [1.165, 1.54) is 25.0 Å². The summed E-state index contributed by atoms with van der Waals surface area (Å²) < 4.78 is 0. The molecule has 1 amide bonds. The van der Waals surface area contributed by atoms with Crippen molar-refractivity contribution >= 4 is 16.9 Å². The highest BCUT2D eigenvalue weighted by atomic mass is 16.7. The lowest BCUT2D eigenvalue weighted by Crippen LogP contribution is -2.29. The Morgan fingerprint density at radius 2 is 2.29 bits per heavy atom. The van der Waals surface area contributed by atoms with Crippen LogP contribution in [-0.2, 0) is 4.84 Å². The van der Waals surface area contributed by atoms with Crippen LogP contribution in [0, 0.1) is 0 Å². The summed E-state index contributed by atoms with van der Waals surface area (Å²) in [5.74, 6) is -0.215. The van der Waals surface area contributed by atoms with E-state index in [1.54, 1.807) is 19.4 Å². The summed E-state index contributed by atoms with van der Waals surface area (Å²) >= 11 is 0. The number of nitrogens with zero attached hydrogens (tertiary/aromatic N) is 3. The zero-order valence-electron chi connectivity index (χ0n) is 12.4. The van der Waals surface area contributed by atoms with Crippen LogP contribution in [0.3, 0.4) is 0 Å². The smallest absolute Gasteiger partial charge is 0.279 e. The number of aromatic nitrogens is 3. The van der Waals surface area contributed by atoms with Crippen molar-refractivity contribution in [2.24, 2.45) is 0 Å². The molecule has 0 radical (unpaired) electrons. The molecule has 0 saturated heterocycles. The second-order valence-electron chi connectivity index (χ2n) is 5.37. The van der Waals surface area contributed by atoms with Gasteiger partial charge in [-0.3, -0.25) is 14.7 Å². The first-order valence-electron chi connectivity index (χ1n) is 7.02. The summed E-state index contributed by atoms with van der Waals surface area (Å²) in [6.45, 7) is 2.06. The molecule has 1 fully saturated rings. The highest BCUT2D eigenvalue weighted by molar-refractivity contribution is 5.99. The summed E-state index contributed by atoms with van der Waals surface area (Å²) in [7, 11) is 3.05. The Hall–Kier alpha value is -1.99. The van der Waals surface area contributed by atoms with Crippen molar-refractivity contribution in [3.63, 3.8) is 0 Å². The minimum atomic E-state index is -0.215. The van der Waals surface area contributed by atoms with E-state index in [9.17, 15) is 4.79 Å². The molecule has 2 N–H and O–H groups in total. The Bertz CT molecular complexity index is 664. The van der Waals surface area contributed by atoms with Crippen LogP contribution in [0.2, 0.25) is 0 Å². The third-order valence-electron chi connectivity index (χ3n) is 3.81. The minimum Gasteiger partial charge on any atom is -0.307 e. The third-order valence-corrected chi connectivity index (χ3v) is 3.81. The molecule has 1 unspecified atom stereocenters. The van der Waals surface area contributed by atoms with Gasteiger partial charge < -0.3 is 5.32 Å². The quantitative estimate of drug-likeness (QED) is 0.813. The normalized spacial score (nSPS) is 16.1. The largest absolute Gasteiger partial charge is 0.307 e. The minimum absolute atomic E-state index is 0.0461. The van der Waals surface area contributed by atoms with Crippen LogP contribution >= 0.6 is 0 Å². The highest BCUT2D eigenvalue weighted by Crippen LogP contribution is 2.30. The van der Waals surface area contributed by atoms with E-state index in [0.717, 1.165) is 10.9 Å². The number of hydrogen-bond acceptors (Lipinski definition) is 5. The summed E-state index contributed by atoms with van der Waals surface area (Å²) in [4.78, 5) is 21.7. The molecule has 0 aliphatic heterocycles. The van der Waals surface area contributed by atoms with Gasteiger partial charge in [-0.05, 0) is 25.3 Å². The van der Waals surface area contributed by atoms with Gasteiger partial charge in [-0.15, -0.1) is 0 Å². The fraction of sp³-hybridized carbons (Fsp3) is 0.500. The summed E-state index contributed by atoms with van der Waals surface area (Å²) in [5.41, 5.74) is 2.13. The van der Waals surface area contributed by atoms with Crippen molar-refractivity contribution < 1.29 is 9.63 Å². The molecule has 0 spiro atoms. The van der Waals surface area contributed by atoms with Crippen molar-refractivity contribution in [2.45, 2.75) is 31.8 Å². The molecule has 112 valence electrons. The molecule has 1 aliphatic carbocycles. The lowest BCUT2D eigenvalue weighted by molar-refractivity contribution is -0.0758. The lowest BCUT2D eigenvalue weighted by Gasteiger charge is -2.20. The van der Waals surface area contributed by atoms with Crippen LogP contribution in [0.15, 0.2) is 12.4 Å². The summed E-state index contributed by atoms with van der Waals surface area (Å²) in [6.07, 6.45) is 5.67. The average Bonchev–Trinajstić information content (AvgIpc) is 3.17. The zero-order chi connectivity index (χ0) is 15.0. The van der Waals surface area contributed by atoms with Crippen LogP contribution < -0.4 is 5.32 Å². The Morgan fingerprint density at radius 1 is 1.52 bits per heavy atom. The maximum Gasteiger partial charge on any atom is 0.279 e. The van der Waals surface area contributed by atoms with Crippen LogP contribution in [0.25, 0.3) is 11.0 Å². The van der Waals surface area contributed by atoms with E-state index in [0.29, 0.717) is 17.3 Å². The fourth-order valence-electron chi connectivity index (χ4n) is 2.49. The van der Waals surface area contributed by atoms with Crippen LogP contribution in [0.5, 0.6) is 0 Å². The Morgan fingerprint density at radius 3 is 2.95 bits per heavy atom. The van der Waals surface area contributed by atoms with Gasteiger partial charge >= 0.3 is 0 Å². The molecule has 1 saturated carbocycles. The molecule has 0 bridgehead atoms. The predicted octanol–water partition coefficient (Wildman–Crippen LogP) is 1.40. The second kappa shape index (κ2) is 5.42. The molecule has 1 atom stereocenters. The number of aromatic amines is 1. The van der Waals surface area contributed by atoms with Crippen molar-refractivity contribution in [2.75, 3.05) is 14.2 Å². The van der Waals surface area contributed by atoms with Gasteiger partial charge in [0.2, 0.25) is 0 Å². The zero-order valence-corrected chi connectivity index (χ0v) is 12.4. The number of rotatable bonds is 5. The number of carbonyl (C=O) groups excluding carboxylic acids is 1. The molecule has 3 rings (SSSR count). The number of hydrogen-bond donors (Lipinski definition) is 2. The van der Waals surface area contributed by atoms with Gasteiger partial charge in [0.05, 0.1) is 18.9 Å². The number of nitrogens with one attached hydrogen (secondary N) is 2. The standard InChI is InChI=1S/C14H19N5O2/c1-8(17-9-4-5-9)12-10-7-16-18-13(10)15-6-11(12)14(20)19(2)21-3/h6-9,17H,4-5H2,1-3H3,(H,15,16,18). The molecule has 2 aromatic rings. The molecular weight excluding hydrogens is 270 g/mol. The van der Waals surface area contributed by atoms with Gasteiger partial charge in [-0.25, -0.2) is 10.0 Å². The molecule has 0 aromatic carbocycles. The van der Waals surface area contributed by atoms with E-state index in [1.807, 2.05) is 0 Å². The number of carbonyl (C=O) groups is 1. The molecule has 21 heavy (non-hydrogen) atoms. The van der Waals surface area contributed by atoms with Crippen molar-refractivity contribution in [3.05, 3.63) is 23.5 Å². The van der Waals surface area contributed by atoms with E-state index in [4.69, 9.17) is 4.84 Å². The van der Waals surface area contributed by atoms with Crippen molar-refractivity contribution in [3.8, 4) is 0 Å². The molecule has 7 heteroatoms. The monoisotopic (exact) mass is 289 g/mol. The average molecular weight is 289 g/mol. The highest BCUT2D eigenvalue weighted by Gasteiger charge is 2.28. The SMILES string of the molecule is CON(C)C(=O)c1cnc2[nH]ncc2c1C(C)NC1CC1. The van der Waals surface area contributed by atoms with E-state index in [2.05, 4.69) is 27.4 Å². The van der Waals surface area contributed by atoms with Crippen molar-refractivity contribution in [1.82, 2.24) is 25.6 Å². The fourth-order valence-corrected chi connectivity index (χ4v) is 2.49. The first-order valence-corrected chi connectivity index (χ1v) is 7.02. The van der Waals surface area contributed by atoms with Gasteiger partial charge in [-0.2, -0.15) is 5.10 Å². The third kappa shape index (κ3) is 2.62. The van der Waals surface area contributed by atoms with E-state index >= 15 is 0 Å². The molecule has 7 nitrogen and oxygen atoms in total. The van der Waals surface area contributed by atoms with Gasteiger partial charge in [0.25, 0.3) is 5.91 Å². The van der Waals surface area contributed by atoms with Gasteiger partial charge in [0.15, 0.2) is 5.65 Å². The number of H-pyrrole nitrogens is 1. The Kier molecular flexibility index (Phi) is 3.60. The maximum absolute atomic E-state index is 12.5. The first kappa shape index (κ1) is 14.0. The van der Waals surface area contributed by atoms with Gasteiger partial charge in [0.1, 0.15) is 0 Å². The number of hydroxylamine groups is 2. The molecule has 2 aromatic heterocycles.